The van der Waals surface area contributed by atoms with Gasteiger partial charge in [0, 0.05) is 13.1 Å². The summed E-state index contributed by atoms with van der Waals surface area (Å²) in [5.41, 5.74) is 0. The highest BCUT2D eigenvalue weighted by Gasteiger charge is 2.43. The van der Waals surface area contributed by atoms with Crippen LogP contribution in [0.4, 0.5) is 13.2 Å². The molecule has 0 aliphatic carbocycles. The summed E-state index contributed by atoms with van der Waals surface area (Å²) < 4.78 is 62.7. The lowest BCUT2D eigenvalue weighted by molar-refractivity contribution is -0.240. The summed E-state index contributed by atoms with van der Waals surface area (Å²) in [5.74, 6) is -2.33. The minimum atomic E-state index is -5.09. The molecule has 1 aliphatic heterocycles. The first-order chi connectivity index (χ1) is 9.66. The zero-order valence-corrected chi connectivity index (χ0v) is 12.5. The van der Waals surface area contributed by atoms with E-state index in [1.165, 1.54) is 0 Å². The third kappa shape index (κ3) is 5.79. The Bertz CT molecular complexity index is 453. The summed E-state index contributed by atoms with van der Waals surface area (Å²) >= 11 is 0. The van der Waals surface area contributed by atoms with Crippen LogP contribution in [0.15, 0.2) is 0 Å². The first kappa shape index (κ1) is 18.2. The number of carbonyl (C=O) groups excluding carboxylic acids is 1. The lowest BCUT2D eigenvalue weighted by Gasteiger charge is -2.30. The van der Waals surface area contributed by atoms with Crippen molar-refractivity contribution < 1.29 is 31.2 Å². The van der Waals surface area contributed by atoms with Crippen molar-refractivity contribution >= 4 is 16.0 Å². The maximum Gasteiger partial charge on any atom is 0.492 e. The SMILES string of the molecule is CCCCNS(=O)(=O)[C@@H]1CCCN(OC(=O)C(F)(F)F)C1. The van der Waals surface area contributed by atoms with Gasteiger partial charge in [-0.25, -0.2) is 17.9 Å². The van der Waals surface area contributed by atoms with E-state index in [1.54, 1.807) is 0 Å². The van der Waals surface area contributed by atoms with Gasteiger partial charge in [0.05, 0.1) is 11.8 Å². The highest BCUT2D eigenvalue weighted by molar-refractivity contribution is 7.90. The number of alkyl halides is 3. The van der Waals surface area contributed by atoms with E-state index in [2.05, 4.69) is 9.56 Å². The van der Waals surface area contributed by atoms with E-state index >= 15 is 0 Å². The summed E-state index contributed by atoms with van der Waals surface area (Å²) in [6.45, 7) is 2.02. The number of sulfonamides is 1. The molecule has 10 heteroatoms. The standard InChI is InChI=1S/C11H19F3N2O4S/c1-2-3-6-15-21(18,19)9-5-4-7-16(8-9)20-10(17)11(12,13)14/h9,15H,2-8H2,1H3/t9-/m1/s1. The van der Waals surface area contributed by atoms with Gasteiger partial charge in [-0.15, -0.1) is 5.06 Å². The van der Waals surface area contributed by atoms with Gasteiger partial charge in [-0.1, -0.05) is 13.3 Å². The van der Waals surface area contributed by atoms with Crippen molar-refractivity contribution in [3.05, 3.63) is 0 Å². The van der Waals surface area contributed by atoms with Crippen molar-refractivity contribution in [3.8, 4) is 0 Å². The third-order valence-electron chi connectivity index (χ3n) is 3.06. The fourth-order valence-electron chi connectivity index (χ4n) is 1.92. The molecule has 21 heavy (non-hydrogen) atoms. The largest absolute Gasteiger partial charge is 0.492 e. The molecule has 6 nitrogen and oxygen atoms in total. The summed E-state index contributed by atoms with van der Waals surface area (Å²) in [4.78, 5) is 14.9. The van der Waals surface area contributed by atoms with E-state index in [4.69, 9.17) is 0 Å². The Balaban J connectivity index is 2.57. The number of hydroxylamine groups is 2. The zero-order valence-electron chi connectivity index (χ0n) is 11.6. The zero-order chi connectivity index (χ0) is 16.1. The first-order valence-corrected chi connectivity index (χ1v) is 8.24. The molecule has 0 saturated carbocycles. The van der Waals surface area contributed by atoms with Crippen LogP contribution in [0.5, 0.6) is 0 Å². The topological polar surface area (TPSA) is 75.7 Å². The molecule has 1 fully saturated rings. The van der Waals surface area contributed by atoms with Gasteiger partial charge >= 0.3 is 12.1 Å². The summed E-state index contributed by atoms with van der Waals surface area (Å²) in [6, 6.07) is 0. The van der Waals surface area contributed by atoms with E-state index in [9.17, 15) is 26.4 Å². The molecular weight excluding hydrogens is 313 g/mol. The predicted octanol–water partition coefficient (Wildman–Crippen LogP) is 1.19. The van der Waals surface area contributed by atoms with E-state index in [1.807, 2.05) is 6.92 Å². The lowest BCUT2D eigenvalue weighted by atomic mass is 10.2. The number of hydrogen-bond donors (Lipinski definition) is 1. The van der Waals surface area contributed by atoms with Gasteiger partial charge in [-0.3, -0.25) is 0 Å². The van der Waals surface area contributed by atoms with Crippen LogP contribution in [0, 0.1) is 0 Å². The molecule has 0 aromatic carbocycles. The van der Waals surface area contributed by atoms with E-state index in [-0.39, 0.29) is 19.6 Å². The van der Waals surface area contributed by atoms with E-state index in [0.717, 1.165) is 11.5 Å². The second-order valence-corrected chi connectivity index (χ2v) is 6.87. The number of halogens is 3. The van der Waals surface area contributed by atoms with Crippen LogP contribution < -0.4 is 4.72 Å². The lowest BCUT2D eigenvalue weighted by Crippen LogP contribution is -2.48. The number of unbranched alkanes of at least 4 members (excludes halogenated alkanes) is 1. The molecule has 1 rings (SSSR count). The fourth-order valence-corrected chi connectivity index (χ4v) is 3.42. The second kappa shape index (κ2) is 7.41. The maximum absolute atomic E-state index is 12.1. The van der Waals surface area contributed by atoms with Gasteiger partial charge < -0.3 is 4.84 Å². The van der Waals surface area contributed by atoms with Crippen molar-refractivity contribution in [2.24, 2.45) is 0 Å². The number of nitrogens with zero attached hydrogens (tertiary/aromatic N) is 1. The number of hydrogen-bond acceptors (Lipinski definition) is 5. The molecule has 0 unspecified atom stereocenters. The molecule has 1 atom stereocenters. The number of piperidine rings is 1. The Morgan fingerprint density at radius 1 is 1.43 bits per heavy atom. The molecule has 1 N–H and O–H groups in total. The van der Waals surface area contributed by atoms with Crippen molar-refractivity contribution in [3.63, 3.8) is 0 Å². The van der Waals surface area contributed by atoms with E-state index in [0.29, 0.717) is 19.3 Å². The molecule has 0 aromatic rings. The Hall–Kier alpha value is -0.870. The van der Waals surface area contributed by atoms with Crippen molar-refractivity contribution in [2.45, 2.75) is 44.0 Å². The quantitative estimate of drug-likeness (QED) is 0.740. The molecule has 0 bridgehead atoms. The van der Waals surface area contributed by atoms with Crippen LogP contribution in [0.25, 0.3) is 0 Å². The first-order valence-electron chi connectivity index (χ1n) is 6.69. The maximum atomic E-state index is 12.1. The molecule has 0 amide bonds. The molecule has 1 aliphatic rings. The fraction of sp³-hybridized carbons (Fsp3) is 0.909. The Kier molecular flexibility index (Phi) is 6.41. The van der Waals surface area contributed by atoms with Crippen LogP contribution in [0.3, 0.4) is 0 Å². The van der Waals surface area contributed by atoms with Crippen LogP contribution in [0.2, 0.25) is 0 Å². The van der Waals surface area contributed by atoms with Crippen molar-refractivity contribution in [1.82, 2.24) is 9.79 Å². The van der Waals surface area contributed by atoms with Gasteiger partial charge in [-0.05, 0) is 19.3 Å². The average Bonchev–Trinajstić information content (AvgIpc) is 2.38. The monoisotopic (exact) mass is 332 g/mol. The predicted molar refractivity (Wildman–Crippen MR) is 68.6 cm³/mol. The van der Waals surface area contributed by atoms with Crippen LogP contribution >= 0.6 is 0 Å². The molecule has 1 heterocycles. The van der Waals surface area contributed by atoms with Gasteiger partial charge in [0.1, 0.15) is 0 Å². The smallest absolute Gasteiger partial charge is 0.361 e. The molecular formula is C11H19F3N2O4S. The number of nitrogens with one attached hydrogen (secondary N) is 1. The second-order valence-electron chi connectivity index (χ2n) is 4.82. The van der Waals surface area contributed by atoms with Crippen molar-refractivity contribution in [2.75, 3.05) is 19.6 Å². The molecule has 0 radical (unpaired) electrons. The molecule has 124 valence electrons. The van der Waals surface area contributed by atoms with Gasteiger partial charge in [0.15, 0.2) is 0 Å². The molecule has 0 spiro atoms. The summed E-state index contributed by atoms with van der Waals surface area (Å²) in [6.07, 6.45) is -2.93. The Labute approximate surface area is 121 Å². The summed E-state index contributed by atoms with van der Waals surface area (Å²) in [5, 5.41) is -0.118. The highest BCUT2D eigenvalue weighted by Crippen LogP contribution is 2.21. The van der Waals surface area contributed by atoms with Gasteiger partial charge in [-0.2, -0.15) is 13.2 Å². The Morgan fingerprint density at radius 2 is 2.10 bits per heavy atom. The number of carbonyl (C=O) groups is 1. The Morgan fingerprint density at radius 3 is 2.67 bits per heavy atom. The average molecular weight is 332 g/mol. The molecule has 1 saturated heterocycles. The van der Waals surface area contributed by atoms with Crippen LogP contribution in [0.1, 0.15) is 32.6 Å². The third-order valence-corrected chi connectivity index (χ3v) is 4.93. The minimum Gasteiger partial charge on any atom is -0.361 e. The molecule has 0 aromatic heterocycles. The highest BCUT2D eigenvalue weighted by atomic mass is 32.2. The normalized spacial score (nSPS) is 21.2. The van der Waals surface area contributed by atoms with Crippen molar-refractivity contribution in [1.29, 1.82) is 0 Å². The van der Waals surface area contributed by atoms with Crippen LogP contribution in [-0.2, 0) is 19.7 Å². The number of rotatable bonds is 6. The van der Waals surface area contributed by atoms with E-state index < -0.39 is 27.4 Å². The summed E-state index contributed by atoms with van der Waals surface area (Å²) in [7, 11) is -3.62. The minimum absolute atomic E-state index is 0.0861. The van der Waals surface area contributed by atoms with Gasteiger partial charge in [0.2, 0.25) is 10.0 Å². The van der Waals surface area contributed by atoms with Crippen LogP contribution in [-0.4, -0.2) is 50.5 Å². The van der Waals surface area contributed by atoms with Gasteiger partial charge in [0.25, 0.3) is 0 Å².